The van der Waals surface area contributed by atoms with Crippen LogP contribution in [0.3, 0.4) is 0 Å². The highest BCUT2D eigenvalue weighted by atomic mass is 35.5. The molecule has 0 spiro atoms. The first-order valence-electron chi connectivity index (χ1n) is 9.47. The van der Waals surface area contributed by atoms with Crippen molar-refractivity contribution in [3.8, 4) is 0 Å². The lowest BCUT2D eigenvalue weighted by molar-refractivity contribution is -0.125. The molecule has 1 unspecified atom stereocenters. The van der Waals surface area contributed by atoms with Crippen molar-refractivity contribution < 1.29 is 9.63 Å². The van der Waals surface area contributed by atoms with Crippen LogP contribution in [0.25, 0.3) is 0 Å². The van der Waals surface area contributed by atoms with E-state index in [1.807, 2.05) is 30.8 Å². The van der Waals surface area contributed by atoms with Crippen LogP contribution in [0.2, 0.25) is 10.0 Å². The summed E-state index contributed by atoms with van der Waals surface area (Å²) in [5.74, 6) is -0.275. The lowest BCUT2D eigenvalue weighted by Crippen LogP contribution is -2.27. The van der Waals surface area contributed by atoms with Gasteiger partial charge in [-0.1, -0.05) is 34.4 Å². The van der Waals surface area contributed by atoms with Crippen LogP contribution in [0.15, 0.2) is 41.9 Å². The van der Waals surface area contributed by atoms with Gasteiger partial charge in [-0.15, -0.1) is 0 Å². The number of aryl methyl sites for hydroxylation is 2. The lowest BCUT2D eigenvalue weighted by Gasteiger charge is -2.07. The summed E-state index contributed by atoms with van der Waals surface area (Å²) in [5, 5.41) is 16.6. The van der Waals surface area contributed by atoms with Crippen molar-refractivity contribution in [3.05, 3.63) is 63.7 Å². The molecular weight excluding hydrogens is 427 g/mol. The molecule has 0 fully saturated rings. The predicted octanol–water partition coefficient (Wildman–Crippen LogP) is 3.89. The quantitative estimate of drug-likeness (QED) is 0.621. The van der Waals surface area contributed by atoms with E-state index in [9.17, 15) is 4.79 Å². The van der Waals surface area contributed by atoms with Gasteiger partial charge in [0.1, 0.15) is 0 Å². The van der Waals surface area contributed by atoms with Crippen molar-refractivity contribution in [3.63, 3.8) is 0 Å². The van der Waals surface area contributed by atoms with Crippen molar-refractivity contribution in [2.75, 3.05) is 5.32 Å². The monoisotopic (exact) mass is 446 g/mol. The number of nitrogens with one attached hydrogen (secondary N) is 1. The third-order valence-corrected chi connectivity index (χ3v) is 5.51. The fourth-order valence-corrected chi connectivity index (χ4v) is 3.52. The highest BCUT2D eigenvalue weighted by Crippen LogP contribution is 2.23. The average molecular weight is 447 g/mol. The molecule has 1 atom stereocenters. The van der Waals surface area contributed by atoms with Crippen LogP contribution in [0.1, 0.15) is 30.2 Å². The number of nitrogens with zero attached hydrogens (tertiary/aromatic N) is 5. The van der Waals surface area contributed by atoms with Crippen LogP contribution in [0, 0.1) is 6.92 Å². The number of hydrogen-bond donors (Lipinski definition) is 1. The van der Waals surface area contributed by atoms with Crippen LogP contribution in [-0.2, 0) is 22.7 Å². The van der Waals surface area contributed by atoms with Gasteiger partial charge in [-0.2, -0.15) is 10.2 Å². The topological polar surface area (TPSA) is 86.3 Å². The fraction of sp³-hybridized carbons (Fsp3) is 0.300. The molecule has 2 aromatic heterocycles. The molecule has 1 aliphatic heterocycles. The van der Waals surface area contributed by atoms with Gasteiger partial charge < -0.3 is 10.2 Å². The van der Waals surface area contributed by atoms with Gasteiger partial charge in [-0.25, -0.2) is 0 Å². The molecule has 4 rings (SSSR count). The molecule has 0 bridgehead atoms. The van der Waals surface area contributed by atoms with Crippen molar-refractivity contribution in [1.82, 2.24) is 19.6 Å². The van der Waals surface area contributed by atoms with Gasteiger partial charge in [0.15, 0.2) is 0 Å². The highest BCUT2D eigenvalue weighted by molar-refractivity contribution is 6.42. The third kappa shape index (κ3) is 4.34. The summed E-state index contributed by atoms with van der Waals surface area (Å²) in [6, 6.07) is 5.41. The first-order valence-corrected chi connectivity index (χ1v) is 10.2. The predicted molar refractivity (Wildman–Crippen MR) is 115 cm³/mol. The smallest absolute Gasteiger partial charge is 0.268 e. The lowest BCUT2D eigenvalue weighted by atomic mass is 10.1. The molecular formula is C20H20Cl2N6O2. The van der Waals surface area contributed by atoms with E-state index in [2.05, 4.69) is 20.7 Å². The Morgan fingerprint density at radius 1 is 1.27 bits per heavy atom. The van der Waals surface area contributed by atoms with E-state index < -0.39 is 6.10 Å². The van der Waals surface area contributed by atoms with Gasteiger partial charge in [0.25, 0.3) is 5.91 Å². The second-order valence-electron chi connectivity index (χ2n) is 6.98. The number of benzene rings is 1. The van der Waals surface area contributed by atoms with Gasteiger partial charge >= 0.3 is 0 Å². The van der Waals surface area contributed by atoms with Crippen LogP contribution in [0.5, 0.6) is 0 Å². The molecule has 10 heteroatoms. The second kappa shape index (κ2) is 8.49. The average Bonchev–Trinajstić information content (AvgIpc) is 3.44. The van der Waals surface area contributed by atoms with Crippen LogP contribution in [0.4, 0.5) is 5.69 Å². The molecule has 3 aromatic rings. The SMILES string of the molecule is CCn1cc(C2=NOC(C(=O)Nc3cnn(Cc4ccc(Cl)c(Cl)c4)c3)C2)c(C)n1. The number of oxime groups is 1. The summed E-state index contributed by atoms with van der Waals surface area (Å²) in [6.45, 7) is 5.20. The minimum absolute atomic E-state index is 0.275. The maximum atomic E-state index is 12.6. The van der Waals surface area contributed by atoms with Gasteiger partial charge in [-0.3, -0.25) is 14.2 Å². The van der Waals surface area contributed by atoms with Crippen molar-refractivity contribution >= 4 is 40.5 Å². The highest BCUT2D eigenvalue weighted by Gasteiger charge is 2.30. The molecule has 3 heterocycles. The Labute approximate surface area is 183 Å². The van der Waals surface area contributed by atoms with Crippen LogP contribution < -0.4 is 5.32 Å². The van der Waals surface area contributed by atoms with Crippen molar-refractivity contribution in [2.24, 2.45) is 5.16 Å². The van der Waals surface area contributed by atoms with E-state index in [0.29, 0.717) is 28.7 Å². The number of amides is 1. The molecule has 1 N–H and O–H groups in total. The van der Waals surface area contributed by atoms with Crippen molar-refractivity contribution in [1.29, 1.82) is 0 Å². The maximum absolute atomic E-state index is 12.6. The summed E-state index contributed by atoms with van der Waals surface area (Å²) in [7, 11) is 0. The number of rotatable bonds is 6. The normalized spacial score (nSPS) is 15.7. The second-order valence-corrected chi connectivity index (χ2v) is 7.80. The van der Waals surface area contributed by atoms with E-state index >= 15 is 0 Å². The fourth-order valence-electron chi connectivity index (χ4n) is 3.20. The van der Waals surface area contributed by atoms with Gasteiger partial charge in [-0.05, 0) is 31.5 Å². The number of carbonyl (C=O) groups is 1. The summed E-state index contributed by atoms with van der Waals surface area (Å²) in [6.07, 6.45) is 4.95. The van der Waals surface area contributed by atoms with E-state index in [1.165, 1.54) is 0 Å². The molecule has 8 nitrogen and oxygen atoms in total. The van der Waals surface area contributed by atoms with E-state index in [4.69, 9.17) is 28.0 Å². The Balaban J connectivity index is 1.36. The zero-order chi connectivity index (χ0) is 21.3. The standard InChI is InChI=1S/C20H20Cl2N6O2/c1-3-27-11-15(12(2)25-27)18-7-19(30-26-18)20(29)24-14-8-23-28(10-14)9-13-4-5-16(21)17(22)6-13/h4-6,8,10-11,19H,3,7,9H2,1-2H3,(H,24,29). The summed E-state index contributed by atoms with van der Waals surface area (Å²) in [5.41, 5.74) is 4.02. The van der Waals surface area contributed by atoms with Crippen molar-refractivity contribution in [2.45, 2.75) is 39.5 Å². The van der Waals surface area contributed by atoms with Gasteiger partial charge in [0, 0.05) is 30.9 Å². The molecule has 0 saturated carbocycles. The third-order valence-electron chi connectivity index (χ3n) is 4.77. The van der Waals surface area contributed by atoms with Gasteiger partial charge in [0.05, 0.1) is 39.9 Å². The number of carbonyl (C=O) groups excluding carboxylic acids is 1. The van der Waals surface area contributed by atoms with Gasteiger partial charge in [0.2, 0.25) is 6.10 Å². The zero-order valence-corrected chi connectivity index (χ0v) is 18.0. The Bertz CT molecular complexity index is 1120. The maximum Gasteiger partial charge on any atom is 0.268 e. The molecule has 156 valence electrons. The minimum atomic E-state index is -0.692. The van der Waals surface area contributed by atoms with E-state index in [0.717, 1.165) is 29.1 Å². The number of anilines is 1. The molecule has 1 amide bonds. The zero-order valence-electron chi connectivity index (χ0n) is 16.5. The van der Waals surface area contributed by atoms with Crippen LogP contribution in [-0.4, -0.2) is 37.3 Å². The van der Waals surface area contributed by atoms with E-state index in [1.54, 1.807) is 29.2 Å². The Morgan fingerprint density at radius 3 is 2.83 bits per heavy atom. The summed E-state index contributed by atoms with van der Waals surface area (Å²) < 4.78 is 3.54. The summed E-state index contributed by atoms with van der Waals surface area (Å²) >= 11 is 12.0. The number of halogens is 2. The molecule has 1 aromatic carbocycles. The minimum Gasteiger partial charge on any atom is -0.382 e. The molecule has 30 heavy (non-hydrogen) atoms. The Kier molecular flexibility index (Phi) is 5.78. The molecule has 0 aliphatic carbocycles. The summed E-state index contributed by atoms with van der Waals surface area (Å²) in [4.78, 5) is 18.0. The first-order chi connectivity index (χ1) is 14.4. The van der Waals surface area contributed by atoms with Crippen LogP contribution >= 0.6 is 23.2 Å². The Morgan fingerprint density at radius 2 is 2.10 bits per heavy atom. The molecule has 1 aliphatic rings. The molecule has 0 radical (unpaired) electrons. The van der Waals surface area contributed by atoms with E-state index in [-0.39, 0.29) is 5.91 Å². The number of aromatic nitrogens is 4. The first kappa shape index (κ1) is 20.4. The largest absolute Gasteiger partial charge is 0.382 e. The Hall–Kier alpha value is -2.84. The number of hydrogen-bond acceptors (Lipinski definition) is 5. The molecule has 0 saturated heterocycles.